The van der Waals surface area contributed by atoms with E-state index in [1.54, 1.807) is 4.90 Å². The zero-order chi connectivity index (χ0) is 32.2. The molecule has 2 aromatic heterocycles. The lowest BCUT2D eigenvalue weighted by Gasteiger charge is -2.33. The number of carbonyl (C=O) groups excluding carboxylic acids is 1. The number of nitrogens with one attached hydrogen (secondary N) is 2. The summed E-state index contributed by atoms with van der Waals surface area (Å²) in [4.78, 5) is 44.4. The smallest absolute Gasteiger partial charge is 0.410 e. The Morgan fingerprint density at radius 2 is 1.51 bits per heavy atom. The number of piperidine rings is 2. The maximum absolute atomic E-state index is 13.1. The van der Waals surface area contributed by atoms with E-state index in [-0.39, 0.29) is 24.8 Å². The zero-order valence-electron chi connectivity index (χ0n) is 26.0. The van der Waals surface area contributed by atoms with Gasteiger partial charge in [0.1, 0.15) is 18.3 Å². The molecule has 10 heteroatoms. The molecular formula is C37H36N6O4. The van der Waals surface area contributed by atoms with Crippen molar-refractivity contribution in [2.24, 2.45) is 0 Å². The number of hydrogen-bond acceptors (Lipinski definition) is 5. The molecule has 2 saturated heterocycles. The maximum Gasteiger partial charge on any atom is 0.410 e. The average Bonchev–Trinajstić information content (AvgIpc) is 3.73. The number of nitrogens with zero attached hydrogens (tertiary/aromatic N) is 4. The molecule has 7 rings (SSSR count). The number of carbonyl (C=O) groups is 2. The van der Waals surface area contributed by atoms with Crippen LogP contribution >= 0.6 is 0 Å². The van der Waals surface area contributed by atoms with Gasteiger partial charge in [-0.15, -0.1) is 0 Å². The Hall–Kier alpha value is -5.56. The Balaban J connectivity index is 1.02. The van der Waals surface area contributed by atoms with Crippen LogP contribution in [0.25, 0.3) is 28.1 Å². The molecule has 47 heavy (non-hydrogen) atoms. The molecule has 2 aliphatic heterocycles. The number of imidazole rings is 2. The summed E-state index contributed by atoms with van der Waals surface area (Å²) in [6.45, 7) is 1.41. The van der Waals surface area contributed by atoms with Crippen molar-refractivity contribution in [2.45, 2.75) is 57.2 Å². The first-order chi connectivity index (χ1) is 23.0. The van der Waals surface area contributed by atoms with Crippen molar-refractivity contribution in [3.8, 4) is 11.8 Å². The molecule has 0 saturated carbocycles. The van der Waals surface area contributed by atoms with Gasteiger partial charge in [0.25, 0.3) is 0 Å². The molecule has 0 spiro atoms. The largest absolute Gasteiger partial charge is 0.465 e. The number of hydrogen-bond donors (Lipinski definition) is 3. The lowest BCUT2D eigenvalue weighted by Crippen LogP contribution is -2.39. The highest BCUT2D eigenvalue weighted by Gasteiger charge is 2.32. The van der Waals surface area contributed by atoms with Crippen LogP contribution in [0.2, 0.25) is 0 Å². The molecule has 2 amide bonds. The van der Waals surface area contributed by atoms with E-state index in [2.05, 4.69) is 21.8 Å². The highest BCUT2D eigenvalue weighted by molar-refractivity contribution is 5.79. The quantitative estimate of drug-likeness (QED) is 0.172. The topological polar surface area (TPSA) is 127 Å². The van der Waals surface area contributed by atoms with Crippen molar-refractivity contribution < 1.29 is 19.4 Å². The van der Waals surface area contributed by atoms with Crippen LogP contribution in [0.1, 0.15) is 78.9 Å². The Kier molecular flexibility index (Phi) is 8.60. The first-order valence-electron chi connectivity index (χ1n) is 16.2. The van der Waals surface area contributed by atoms with Gasteiger partial charge in [-0.25, -0.2) is 19.6 Å². The van der Waals surface area contributed by atoms with Crippen molar-refractivity contribution in [3.05, 3.63) is 101 Å². The van der Waals surface area contributed by atoms with Crippen molar-refractivity contribution in [3.63, 3.8) is 0 Å². The van der Waals surface area contributed by atoms with Gasteiger partial charge in [-0.3, -0.25) is 9.80 Å². The number of carboxylic acid groups (broad SMARTS) is 1. The molecule has 2 aliphatic rings. The fourth-order valence-corrected chi connectivity index (χ4v) is 6.51. The fraction of sp³-hybridized carbons (Fsp3) is 0.297. The first-order valence-corrected chi connectivity index (χ1v) is 16.2. The summed E-state index contributed by atoms with van der Waals surface area (Å²) in [6, 6.07) is 21.1. The molecule has 0 radical (unpaired) electrons. The van der Waals surface area contributed by atoms with E-state index in [1.165, 1.54) is 4.90 Å². The van der Waals surface area contributed by atoms with Crippen molar-refractivity contribution >= 4 is 40.3 Å². The molecule has 2 atom stereocenters. The van der Waals surface area contributed by atoms with E-state index < -0.39 is 6.09 Å². The van der Waals surface area contributed by atoms with Crippen LogP contribution in [0, 0.1) is 11.8 Å². The summed E-state index contributed by atoms with van der Waals surface area (Å²) >= 11 is 0. The summed E-state index contributed by atoms with van der Waals surface area (Å²) in [7, 11) is 0. The number of aromatic amines is 2. The Morgan fingerprint density at radius 1 is 0.851 bits per heavy atom. The average molecular weight is 629 g/mol. The zero-order valence-corrected chi connectivity index (χ0v) is 26.0. The summed E-state index contributed by atoms with van der Waals surface area (Å²) in [5.41, 5.74) is 6.13. The SMILES string of the molecule is O=C(O)N1CCCC[C@H]1c1nc2cc(/C=C/C#Cc3ccc4[nH]c([C@@H]5CCCCN5C(=O)OCc5ccccc5)nc4c3)ccc2[nH]1. The third kappa shape index (κ3) is 6.70. The molecule has 3 aromatic carbocycles. The monoisotopic (exact) mass is 628 g/mol. The molecule has 10 nitrogen and oxygen atoms in total. The number of fused-ring (bicyclic) bond motifs is 2. The maximum atomic E-state index is 13.1. The second-order valence-corrected chi connectivity index (χ2v) is 12.1. The molecular weight excluding hydrogens is 592 g/mol. The first kappa shape index (κ1) is 30.1. The molecule has 4 heterocycles. The van der Waals surface area contributed by atoms with Gasteiger partial charge in [0.05, 0.1) is 34.2 Å². The number of ether oxygens (including phenoxy) is 1. The van der Waals surface area contributed by atoms with Crippen LogP contribution in [0.5, 0.6) is 0 Å². The molecule has 3 N–H and O–H groups in total. The van der Waals surface area contributed by atoms with Gasteiger partial charge in [-0.05, 0) is 92.1 Å². The number of amides is 2. The normalized spacial score (nSPS) is 18.4. The van der Waals surface area contributed by atoms with Crippen LogP contribution in [0.4, 0.5) is 9.59 Å². The Morgan fingerprint density at radius 3 is 2.23 bits per heavy atom. The van der Waals surface area contributed by atoms with E-state index in [0.29, 0.717) is 18.9 Å². The second-order valence-electron chi connectivity index (χ2n) is 12.1. The molecule has 2 fully saturated rings. The minimum Gasteiger partial charge on any atom is -0.465 e. The molecule has 0 unspecified atom stereocenters. The predicted octanol–water partition coefficient (Wildman–Crippen LogP) is 7.57. The van der Waals surface area contributed by atoms with Gasteiger partial charge in [0.2, 0.25) is 0 Å². The fourth-order valence-electron chi connectivity index (χ4n) is 6.51. The lowest BCUT2D eigenvalue weighted by atomic mass is 10.0. The van der Waals surface area contributed by atoms with Gasteiger partial charge in [-0.2, -0.15) is 0 Å². The van der Waals surface area contributed by atoms with Crippen LogP contribution < -0.4 is 0 Å². The summed E-state index contributed by atoms with van der Waals surface area (Å²) in [5.74, 6) is 7.77. The minimum atomic E-state index is -0.906. The van der Waals surface area contributed by atoms with E-state index >= 15 is 0 Å². The van der Waals surface area contributed by atoms with Crippen LogP contribution in [0.15, 0.2) is 72.8 Å². The minimum absolute atomic E-state index is 0.168. The van der Waals surface area contributed by atoms with Crippen molar-refractivity contribution in [2.75, 3.05) is 13.1 Å². The van der Waals surface area contributed by atoms with Crippen LogP contribution in [-0.2, 0) is 11.3 Å². The van der Waals surface area contributed by atoms with E-state index in [9.17, 15) is 14.7 Å². The van der Waals surface area contributed by atoms with Crippen molar-refractivity contribution in [1.82, 2.24) is 29.7 Å². The van der Waals surface area contributed by atoms with Gasteiger partial charge in [0.15, 0.2) is 0 Å². The predicted molar refractivity (Wildman–Crippen MR) is 179 cm³/mol. The Bertz CT molecular complexity index is 2000. The third-order valence-electron chi connectivity index (χ3n) is 8.92. The van der Waals surface area contributed by atoms with E-state index in [1.807, 2.05) is 78.9 Å². The molecule has 0 aliphatic carbocycles. The van der Waals surface area contributed by atoms with Gasteiger partial charge in [0, 0.05) is 18.7 Å². The van der Waals surface area contributed by atoms with Gasteiger partial charge < -0.3 is 19.8 Å². The number of aromatic nitrogens is 4. The second kappa shape index (κ2) is 13.4. The molecule has 238 valence electrons. The number of likely N-dealkylation sites (tertiary alicyclic amines) is 2. The number of H-pyrrole nitrogens is 2. The standard InChI is InChI=1S/C37H36N6O4/c44-36(45)42-20-8-6-14-32(42)34-38-28-18-16-25(22-30(28)40-34)10-4-5-11-26-17-19-29-31(23-26)41-35(39-29)33-15-7-9-21-43(33)37(46)47-24-27-12-2-1-3-13-27/h1-4,10,12-13,16-19,22-23,32-33H,6-9,14-15,20-21,24H2,(H,38,40)(H,39,41)(H,44,45)/b10-4+/t32-,33-/m0/s1. The molecule has 5 aromatic rings. The summed E-state index contributed by atoms with van der Waals surface area (Å²) in [5, 5.41) is 9.61. The molecule has 0 bridgehead atoms. The Labute approximate surface area is 272 Å². The number of allylic oxidation sites excluding steroid dienone is 1. The number of rotatable bonds is 5. The summed E-state index contributed by atoms with van der Waals surface area (Å²) in [6.07, 6.45) is 7.93. The van der Waals surface area contributed by atoms with Crippen LogP contribution in [0.3, 0.4) is 0 Å². The van der Waals surface area contributed by atoms with Crippen LogP contribution in [-0.4, -0.2) is 60.1 Å². The van der Waals surface area contributed by atoms with E-state index in [0.717, 1.165) is 83.1 Å². The highest BCUT2D eigenvalue weighted by Crippen LogP contribution is 2.32. The summed E-state index contributed by atoms with van der Waals surface area (Å²) < 4.78 is 5.65. The van der Waals surface area contributed by atoms with Gasteiger partial charge >= 0.3 is 12.2 Å². The van der Waals surface area contributed by atoms with Gasteiger partial charge in [-0.1, -0.05) is 48.2 Å². The van der Waals surface area contributed by atoms with Crippen molar-refractivity contribution in [1.29, 1.82) is 0 Å². The lowest BCUT2D eigenvalue weighted by molar-refractivity contribution is 0.0661. The highest BCUT2D eigenvalue weighted by atomic mass is 16.6. The number of benzene rings is 3. The third-order valence-corrected chi connectivity index (χ3v) is 8.92. The van der Waals surface area contributed by atoms with E-state index in [4.69, 9.17) is 14.7 Å².